The van der Waals surface area contributed by atoms with E-state index in [4.69, 9.17) is 15.3 Å². The molecule has 20 heavy (non-hydrogen) atoms. The summed E-state index contributed by atoms with van der Waals surface area (Å²) in [5, 5.41) is 17.7. The van der Waals surface area contributed by atoms with E-state index >= 15 is 0 Å². The number of rotatable bonds is 1. The predicted octanol–water partition coefficient (Wildman–Crippen LogP) is 3.50. The molecule has 3 rings (SSSR count). The lowest BCUT2D eigenvalue weighted by atomic mass is 9.96. The van der Waals surface area contributed by atoms with E-state index in [1.165, 1.54) is 0 Å². The van der Waals surface area contributed by atoms with Gasteiger partial charge in [-0.2, -0.15) is 10.5 Å². The van der Waals surface area contributed by atoms with Crippen molar-refractivity contribution in [3.8, 4) is 17.9 Å². The van der Waals surface area contributed by atoms with Gasteiger partial charge in [0.15, 0.2) is 0 Å². The van der Waals surface area contributed by atoms with Crippen LogP contribution in [0.1, 0.15) is 34.8 Å². The highest BCUT2D eigenvalue weighted by Gasteiger charge is 2.21. The lowest BCUT2D eigenvalue weighted by Gasteiger charge is -2.26. The Balaban J connectivity index is 1.85. The molecule has 1 atom stereocenters. The van der Waals surface area contributed by atoms with Crippen LogP contribution in [0.15, 0.2) is 42.5 Å². The largest absolute Gasteiger partial charge is 0.485 e. The molecule has 1 aliphatic rings. The van der Waals surface area contributed by atoms with Gasteiger partial charge in [0.25, 0.3) is 0 Å². The molecule has 1 unspecified atom stereocenters. The summed E-state index contributed by atoms with van der Waals surface area (Å²) in [5.41, 5.74) is 3.50. The fourth-order valence-electron chi connectivity index (χ4n) is 2.47. The Morgan fingerprint density at radius 3 is 2.35 bits per heavy atom. The Kier molecular flexibility index (Phi) is 3.11. The number of aryl methyl sites for hydroxylation is 1. The molecule has 0 aliphatic carbocycles. The summed E-state index contributed by atoms with van der Waals surface area (Å²) in [5.74, 6) is 0.851. The number of nitrogens with zero attached hydrogens (tertiary/aromatic N) is 2. The third kappa shape index (κ3) is 2.22. The summed E-state index contributed by atoms with van der Waals surface area (Å²) in [6.45, 7) is 0. The highest BCUT2D eigenvalue weighted by Crippen LogP contribution is 2.35. The van der Waals surface area contributed by atoms with Crippen LogP contribution in [0.25, 0.3) is 0 Å². The molecular formula is C17H12N2O. The van der Waals surface area contributed by atoms with Gasteiger partial charge in [-0.15, -0.1) is 0 Å². The first-order valence-electron chi connectivity index (χ1n) is 6.50. The quantitative estimate of drug-likeness (QED) is 0.788. The van der Waals surface area contributed by atoms with Crippen molar-refractivity contribution in [3.63, 3.8) is 0 Å². The zero-order valence-corrected chi connectivity index (χ0v) is 10.8. The molecule has 96 valence electrons. The van der Waals surface area contributed by atoms with E-state index in [-0.39, 0.29) is 6.10 Å². The summed E-state index contributed by atoms with van der Waals surface area (Å²) in [7, 11) is 0. The molecular weight excluding hydrogens is 248 g/mol. The molecule has 0 radical (unpaired) electrons. The molecule has 0 N–H and O–H groups in total. The number of hydrogen-bond donors (Lipinski definition) is 0. The van der Waals surface area contributed by atoms with Crippen LogP contribution in [0.5, 0.6) is 5.75 Å². The van der Waals surface area contributed by atoms with Gasteiger partial charge in [0.2, 0.25) is 0 Å². The Morgan fingerprint density at radius 1 is 0.950 bits per heavy atom. The van der Waals surface area contributed by atoms with Crippen molar-refractivity contribution in [2.45, 2.75) is 18.9 Å². The number of nitriles is 2. The lowest BCUT2D eigenvalue weighted by Crippen LogP contribution is -2.15. The standard InChI is InChI=1S/C17H12N2O/c18-10-12-1-4-14(5-2-12)16-8-6-15-9-13(11-19)3-7-17(15)20-16/h1-5,7,9,16H,6,8H2. The van der Waals surface area contributed by atoms with Gasteiger partial charge >= 0.3 is 0 Å². The van der Waals surface area contributed by atoms with Crippen molar-refractivity contribution >= 4 is 0 Å². The summed E-state index contributed by atoms with van der Waals surface area (Å²) >= 11 is 0. The van der Waals surface area contributed by atoms with Gasteiger partial charge in [0.1, 0.15) is 11.9 Å². The first-order valence-corrected chi connectivity index (χ1v) is 6.50. The second kappa shape index (κ2) is 5.07. The second-order valence-corrected chi connectivity index (χ2v) is 4.81. The third-order valence-electron chi connectivity index (χ3n) is 3.55. The van der Waals surface area contributed by atoms with Crippen LogP contribution in [0, 0.1) is 22.7 Å². The third-order valence-corrected chi connectivity index (χ3v) is 3.55. The van der Waals surface area contributed by atoms with E-state index < -0.39 is 0 Å². The first kappa shape index (κ1) is 12.3. The zero-order valence-electron chi connectivity index (χ0n) is 10.8. The smallest absolute Gasteiger partial charge is 0.124 e. The van der Waals surface area contributed by atoms with Crippen molar-refractivity contribution in [2.75, 3.05) is 0 Å². The Bertz CT molecular complexity index is 720. The van der Waals surface area contributed by atoms with Gasteiger partial charge in [-0.1, -0.05) is 12.1 Å². The monoisotopic (exact) mass is 260 g/mol. The maximum atomic E-state index is 8.90. The Morgan fingerprint density at radius 2 is 1.65 bits per heavy atom. The summed E-state index contributed by atoms with van der Waals surface area (Å²) in [4.78, 5) is 0. The van der Waals surface area contributed by atoms with Crippen molar-refractivity contribution < 1.29 is 4.74 Å². The molecule has 3 heteroatoms. The van der Waals surface area contributed by atoms with Crippen LogP contribution in [0.3, 0.4) is 0 Å². The van der Waals surface area contributed by atoms with Gasteiger partial charge in [-0.25, -0.2) is 0 Å². The van der Waals surface area contributed by atoms with E-state index in [0.717, 1.165) is 29.7 Å². The summed E-state index contributed by atoms with van der Waals surface area (Å²) in [6.07, 6.45) is 1.80. The molecule has 0 spiro atoms. The lowest BCUT2D eigenvalue weighted by molar-refractivity contribution is 0.176. The molecule has 2 aromatic carbocycles. The Hall–Kier alpha value is -2.78. The fraction of sp³-hybridized carbons (Fsp3) is 0.176. The van der Waals surface area contributed by atoms with Crippen molar-refractivity contribution in [1.82, 2.24) is 0 Å². The van der Waals surface area contributed by atoms with E-state index in [9.17, 15) is 0 Å². The van der Waals surface area contributed by atoms with Gasteiger partial charge < -0.3 is 4.74 Å². The molecule has 0 fully saturated rings. The molecule has 0 saturated carbocycles. The van der Waals surface area contributed by atoms with Crippen LogP contribution in [0.2, 0.25) is 0 Å². The average Bonchev–Trinajstić information content (AvgIpc) is 2.54. The topological polar surface area (TPSA) is 56.8 Å². The van der Waals surface area contributed by atoms with Gasteiger partial charge in [0.05, 0.1) is 23.3 Å². The van der Waals surface area contributed by atoms with Gasteiger partial charge in [0, 0.05) is 0 Å². The van der Waals surface area contributed by atoms with E-state index in [1.54, 1.807) is 6.07 Å². The molecule has 2 aromatic rings. The van der Waals surface area contributed by atoms with Crippen LogP contribution < -0.4 is 4.74 Å². The van der Waals surface area contributed by atoms with Crippen LogP contribution >= 0.6 is 0 Å². The van der Waals surface area contributed by atoms with Crippen LogP contribution in [-0.2, 0) is 6.42 Å². The molecule has 0 bridgehead atoms. The minimum absolute atomic E-state index is 0.0168. The second-order valence-electron chi connectivity index (χ2n) is 4.81. The SMILES string of the molecule is N#Cc1ccc(C2CCc3cc(C#N)ccc3O2)cc1. The number of ether oxygens (including phenoxy) is 1. The van der Waals surface area contributed by atoms with Gasteiger partial charge in [-0.05, 0) is 54.3 Å². The maximum Gasteiger partial charge on any atom is 0.124 e. The zero-order chi connectivity index (χ0) is 13.9. The Labute approximate surface area is 117 Å². The molecule has 0 aromatic heterocycles. The van der Waals surface area contributed by atoms with E-state index in [1.807, 2.05) is 36.4 Å². The minimum atomic E-state index is 0.0168. The minimum Gasteiger partial charge on any atom is -0.485 e. The predicted molar refractivity (Wildman–Crippen MR) is 74.0 cm³/mol. The van der Waals surface area contributed by atoms with Crippen molar-refractivity contribution in [1.29, 1.82) is 10.5 Å². The normalized spacial score (nSPS) is 16.4. The van der Waals surface area contributed by atoms with Crippen molar-refractivity contribution in [3.05, 3.63) is 64.7 Å². The van der Waals surface area contributed by atoms with E-state index in [0.29, 0.717) is 11.1 Å². The molecule has 0 amide bonds. The average molecular weight is 260 g/mol. The van der Waals surface area contributed by atoms with Gasteiger partial charge in [-0.3, -0.25) is 0 Å². The number of fused-ring (bicyclic) bond motifs is 1. The van der Waals surface area contributed by atoms with Crippen molar-refractivity contribution in [2.24, 2.45) is 0 Å². The molecule has 3 nitrogen and oxygen atoms in total. The summed E-state index contributed by atoms with van der Waals surface area (Å²) in [6, 6.07) is 17.3. The van der Waals surface area contributed by atoms with Crippen LogP contribution in [-0.4, -0.2) is 0 Å². The number of hydrogen-bond acceptors (Lipinski definition) is 3. The number of benzene rings is 2. The first-order chi connectivity index (χ1) is 9.80. The highest BCUT2D eigenvalue weighted by molar-refractivity contribution is 5.44. The highest BCUT2D eigenvalue weighted by atomic mass is 16.5. The molecule has 0 saturated heterocycles. The molecule has 1 aliphatic heterocycles. The van der Waals surface area contributed by atoms with Crippen LogP contribution in [0.4, 0.5) is 0 Å². The molecule has 1 heterocycles. The fourth-order valence-corrected chi connectivity index (χ4v) is 2.47. The summed E-state index contributed by atoms with van der Waals surface area (Å²) < 4.78 is 6.00. The van der Waals surface area contributed by atoms with E-state index in [2.05, 4.69) is 12.1 Å². The maximum absolute atomic E-state index is 8.90.